The lowest BCUT2D eigenvalue weighted by Gasteiger charge is -2.21. The van der Waals surface area contributed by atoms with E-state index in [4.69, 9.17) is 0 Å². The normalized spacial score (nSPS) is 38.8. The third-order valence-corrected chi connectivity index (χ3v) is 2.97. The van der Waals surface area contributed by atoms with Crippen molar-refractivity contribution in [2.24, 2.45) is 0 Å². The van der Waals surface area contributed by atoms with Gasteiger partial charge in [0.1, 0.15) is 6.17 Å². The van der Waals surface area contributed by atoms with E-state index in [1.807, 2.05) is 0 Å². The highest BCUT2D eigenvalue weighted by atomic mass is 19.1. The SMILES string of the molecule is FC(C1CCCN1)C1CCCN1. The van der Waals surface area contributed by atoms with Gasteiger partial charge in [0.25, 0.3) is 0 Å². The maximum atomic E-state index is 13.7. The molecule has 0 aromatic carbocycles. The summed E-state index contributed by atoms with van der Waals surface area (Å²) < 4.78 is 13.7. The number of rotatable bonds is 2. The van der Waals surface area contributed by atoms with Gasteiger partial charge in [0, 0.05) is 12.1 Å². The van der Waals surface area contributed by atoms with Crippen LogP contribution in [0.1, 0.15) is 25.7 Å². The fourth-order valence-corrected chi connectivity index (χ4v) is 2.25. The summed E-state index contributed by atoms with van der Waals surface area (Å²) >= 11 is 0. The van der Waals surface area contributed by atoms with Crippen LogP contribution in [0.25, 0.3) is 0 Å². The molecule has 0 amide bonds. The molecule has 0 saturated carbocycles. The molecule has 2 atom stereocenters. The van der Waals surface area contributed by atoms with Gasteiger partial charge >= 0.3 is 0 Å². The molecule has 12 heavy (non-hydrogen) atoms. The second-order valence-electron chi connectivity index (χ2n) is 3.85. The Labute approximate surface area is 72.9 Å². The second-order valence-corrected chi connectivity index (χ2v) is 3.85. The maximum Gasteiger partial charge on any atom is 0.131 e. The zero-order chi connectivity index (χ0) is 8.39. The molecule has 0 radical (unpaired) electrons. The van der Waals surface area contributed by atoms with Gasteiger partial charge in [-0.05, 0) is 38.8 Å². The molecule has 2 nitrogen and oxygen atoms in total. The predicted octanol–water partition coefficient (Wildman–Crippen LogP) is 0.828. The summed E-state index contributed by atoms with van der Waals surface area (Å²) in [5.74, 6) is 0. The minimum absolute atomic E-state index is 0.126. The smallest absolute Gasteiger partial charge is 0.131 e. The van der Waals surface area contributed by atoms with Crippen molar-refractivity contribution in [3.63, 3.8) is 0 Å². The van der Waals surface area contributed by atoms with Crippen LogP contribution in [0.2, 0.25) is 0 Å². The van der Waals surface area contributed by atoms with Crippen LogP contribution >= 0.6 is 0 Å². The lowest BCUT2D eigenvalue weighted by atomic mass is 10.0. The molecule has 2 saturated heterocycles. The number of nitrogens with one attached hydrogen (secondary N) is 2. The first kappa shape index (κ1) is 8.45. The molecule has 2 rings (SSSR count). The van der Waals surface area contributed by atoms with Crippen molar-refractivity contribution in [3.05, 3.63) is 0 Å². The molecule has 0 aromatic rings. The summed E-state index contributed by atoms with van der Waals surface area (Å²) in [5, 5.41) is 6.44. The first-order valence-corrected chi connectivity index (χ1v) is 4.99. The fraction of sp³-hybridized carbons (Fsp3) is 1.00. The van der Waals surface area contributed by atoms with Crippen LogP contribution in [0.5, 0.6) is 0 Å². The summed E-state index contributed by atoms with van der Waals surface area (Å²) in [6.07, 6.45) is 3.63. The van der Waals surface area contributed by atoms with Crippen LogP contribution in [0.4, 0.5) is 4.39 Å². The Morgan fingerprint density at radius 2 is 1.50 bits per heavy atom. The van der Waals surface area contributed by atoms with Gasteiger partial charge in [-0.25, -0.2) is 4.39 Å². The highest BCUT2D eigenvalue weighted by molar-refractivity contribution is 4.91. The van der Waals surface area contributed by atoms with Crippen LogP contribution in [0, 0.1) is 0 Å². The van der Waals surface area contributed by atoms with E-state index in [0.29, 0.717) is 0 Å². The minimum atomic E-state index is -0.671. The van der Waals surface area contributed by atoms with Crippen molar-refractivity contribution >= 4 is 0 Å². The monoisotopic (exact) mass is 172 g/mol. The Balaban J connectivity index is 1.84. The van der Waals surface area contributed by atoms with Crippen molar-refractivity contribution < 1.29 is 4.39 Å². The van der Waals surface area contributed by atoms with E-state index >= 15 is 0 Å². The van der Waals surface area contributed by atoms with Crippen molar-refractivity contribution in [1.29, 1.82) is 0 Å². The van der Waals surface area contributed by atoms with Crippen LogP contribution in [0.3, 0.4) is 0 Å². The van der Waals surface area contributed by atoms with Gasteiger partial charge < -0.3 is 10.6 Å². The van der Waals surface area contributed by atoms with E-state index in [1.165, 1.54) is 0 Å². The molecule has 2 heterocycles. The van der Waals surface area contributed by atoms with E-state index in [0.717, 1.165) is 38.8 Å². The lowest BCUT2D eigenvalue weighted by Crippen LogP contribution is -2.44. The Hall–Kier alpha value is -0.150. The molecule has 0 bridgehead atoms. The zero-order valence-electron chi connectivity index (χ0n) is 7.35. The molecular weight excluding hydrogens is 155 g/mol. The van der Waals surface area contributed by atoms with Crippen LogP contribution in [0.15, 0.2) is 0 Å². The first-order valence-electron chi connectivity index (χ1n) is 4.99. The molecule has 2 aliphatic heterocycles. The van der Waals surface area contributed by atoms with E-state index in [9.17, 15) is 4.39 Å². The van der Waals surface area contributed by atoms with Crippen molar-refractivity contribution in [2.45, 2.75) is 43.9 Å². The third kappa shape index (κ3) is 1.62. The summed E-state index contributed by atoms with van der Waals surface area (Å²) in [5.41, 5.74) is 0. The minimum Gasteiger partial charge on any atom is -0.311 e. The molecule has 2 N–H and O–H groups in total. The summed E-state index contributed by atoms with van der Waals surface area (Å²) in [4.78, 5) is 0. The zero-order valence-corrected chi connectivity index (χ0v) is 7.35. The van der Waals surface area contributed by atoms with Crippen LogP contribution < -0.4 is 10.6 Å². The average Bonchev–Trinajstić information content (AvgIpc) is 2.77. The van der Waals surface area contributed by atoms with Gasteiger partial charge in [-0.2, -0.15) is 0 Å². The molecule has 2 aliphatic rings. The summed E-state index contributed by atoms with van der Waals surface area (Å²) in [6, 6.07) is 0.251. The van der Waals surface area contributed by atoms with Crippen LogP contribution in [-0.4, -0.2) is 31.3 Å². The number of hydrogen-bond donors (Lipinski definition) is 2. The quantitative estimate of drug-likeness (QED) is 0.644. The molecule has 0 spiro atoms. The van der Waals surface area contributed by atoms with E-state index in [2.05, 4.69) is 10.6 Å². The molecule has 2 unspecified atom stereocenters. The molecule has 2 fully saturated rings. The van der Waals surface area contributed by atoms with Crippen molar-refractivity contribution in [1.82, 2.24) is 10.6 Å². The molecule has 70 valence electrons. The number of halogens is 1. The number of hydrogen-bond acceptors (Lipinski definition) is 2. The van der Waals surface area contributed by atoms with Crippen LogP contribution in [-0.2, 0) is 0 Å². The van der Waals surface area contributed by atoms with Gasteiger partial charge in [-0.15, -0.1) is 0 Å². The lowest BCUT2D eigenvalue weighted by molar-refractivity contribution is 0.211. The Bertz CT molecular complexity index is 123. The van der Waals surface area contributed by atoms with Crippen molar-refractivity contribution in [3.8, 4) is 0 Å². The van der Waals surface area contributed by atoms with E-state index in [1.54, 1.807) is 0 Å². The Kier molecular flexibility index (Phi) is 2.61. The van der Waals surface area contributed by atoms with Gasteiger partial charge in [0.05, 0.1) is 0 Å². The summed E-state index contributed by atoms with van der Waals surface area (Å²) in [6.45, 7) is 2.00. The Morgan fingerprint density at radius 3 is 1.83 bits per heavy atom. The van der Waals surface area contributed by atoms with E-state index < -0.39 is 6.17 Å². The molecule has 0 aromatic heterocycles. The summed E-state index contributed by atoms with van der Waals surface area (Å²) in [7, 11) is 0. The van der Waals surface area contributed by atoms with Gasteiger partial charge in [-0.3, -0.25) is 0 Å². The largest absolute Gasteiger partial charge is 0.311 e. The van der Waals surface area contributed by atoms with Gasteiger partial charge in [0.15, 0.2) is 0 Å². The fourth-order valence-electron chi connectivity index (χ4n) is 2.25. The molecule has 0 aliphatic carbocycles. The maximum absolute atomic E-state index is 13.7. The first-order chi connectivity index (χ1) is 5.88. The Morgan fingerprint density at radius 1 is 1.00 bits per heavy atom. The van der Waals surface area contributed by atoms with Gasteiger partial charge in [0.2, 0.25) is 0 Å². The third-order valence-electron chi connectivity index (χ3n) is 2.97. The van der Waals surface area contributed by atoms with Crippen molar-refractivity contribution in [2.75, 3.05) is 13.1 Å². The second kappa shape index (κ2) is 3.71. The predicted molar refractivity (Wildman–Crippen MR) is 46.9 cm³/mol. The average molecular weight is 172 g/mol. The highest BCUT2D eigenvalue weighted by Gasteiger charge is 2.32. The molecule has 3 heteroatoms. The standard InChI is InChI=1S/C9H17FN2/c10-9(7-3-1-5-11-7)8-4-2-6-12-8/h7-9,11-12H,1-6H2. The number of alkyl halides is 1. The highest BCUT2D eigenvalue weighted by Crippen LogP contribution is 2.20. The topological polar surface area (TPSA) is 24.1 Å². The van der Waals surface area contributed by atoms with Gasteiger partial charge in [-0.1, -0.05) is 0 Å². The molecular formula is C9H17FN2. The van der Waals surface area contributed by atoms with E-state index in [-0.39, 0.29) is 12.1 Å².